The molecule has 3 rings (SSSR count). The van der Waals surface area contributed by atoms with Crippen molar-refractivity contribution in [1.29, 1.82) is 0 Å². The molecule has 9 heteroatoms. The Kier molecular flexibility index (Phi) is 4.61. The highest BCUT2D eigenvalue weighted by atomic mass is 16.5. The number of aromatic amines is 1. The van der Waals surface area contributed by atoms with Crippen LogP contribution >= 0.6 is 0 Å². The Morgan fingerprint density at radius 1 is 1.15 bits per heavy atom. The lowest BCUT2D eigenvalue weighted by atomic mass is 10.1. The van der Waals surface area contributed by atoms with E-state index in [9.17, 15) is 19.2 Å². The fourth-order valence-electron chi connectivity index (χ4n) is 2.88. The van der Waals surface area contributed by atoms with Gasteiger partial charge in [-0.05, 0) is 45.0 Å². The molecule has 0 unspecified atom stereocenters. The van der Waals surface area contributed by atoms with E-state index < -0.39 is 17.2 Å². The lowest BCUT2D eigenvalue weighted by molar-refractivity contribution is 0.0523. The number of H-pyrrole nitrogens is 1. The van der Waals surface area contributed by atoms with Crippen molar-refractivity contribution in [2.75, 3.05) is 18.1 Å². The number of carbonyl (C=O) groups is 2. The van der Waals surface area contributed by atoms with Crippen LogP contribution in [0, 0.1) is 0 Å². The molecule has 2 aromatic rings. The van der Waals surface area contributed by atoms with Gasteiger partial charge in [0.25, 0.3) is 5.56 Å². The van der Waals surface area contributed by atoms with Crippen LogP contribution in [0.2, 0.25) is 0 Å². The molecule has 2 amide bonds. The molecule has 0 radical (unpaired) electrons. The van der Waals surface area contributed by atoms with Crippen molar-refractivity contribution < 1.29 is 14.3 Å². The predicted molar refractivity (Wildman–Crippen MR) is 98.6 cm³/mol. The van der Waals surface area contributed by atoms with Gasteiger partial charge in [-0.15, -0.1) is 0 Å². The maximum absolute atomic E-state index is 12.1. The highest BCUT2D eigenvalue weighted by molar-refractivity contribution is 5.95. The summed E-state index contributed by atoms with van der Waals surface area (Å²) >= 11 is 0. The highest BCUT2D eigenvalue weighted by Crippen LogP contribution is 2.23. The number of aromatic nitrogens is 2. The van der Waals surface area contributed by atoms with Gasteiger partial charge in [0.2, 0.25) is 0 Å². The number of esters is 1. The number of nitrogens with zero attached hydrogens (tertiary/aromatic N) is 2. The SMILES string of the molecule is CCOC(=O)c1cn(-c2ccc(N3CC(C)(C)NC3=O)cc2)c(=O)[nH]c1=O. The number of hydrogen-bond acceptors (Lipinski definition) is 5. The second kappa shape index (κ2) is 6.75. The molecule has 0 aliphatic carbocycles. The van der Waals surface area contributed by atoms with Crippen LogP contribution in [0.25, 0.3) is 5.69 Å². The number of ether oxygens (including phenoxy) is 1. The topological polar surface area (TPSA) is 114 Å². The van der Waals surface area contributed by atoms with Crippen LogP contribution in [0.15, 0.2) is 40.1 Å². The van der Waals surface area contributed by atoms with Gasteiger partial charge in [-0.3, -0.25) is 19.2 Å². The van der Waals surface area contributed by atoms with Crippen LogP contribution in [0.4, 0.5) is 10.5 Å². The van der Waals surface area contributed by atoms with Crippen LogP contribution in [-0.2, 0) is 4.74 Å². The van der Waals surface area contributed by atoms with E-state index >= 15 is 0 Å². The maximum Gasteiger partial charge on any atom is 0.345 e. The van der Waals surface area contributed by atoms with Crippen molar-refractivity contribution in [3.8, 4) is 5.69 Å². The van der Waals surface area contributed by atoms with Crippen molar-refractivity contribution >= 4 is 17.7 Å². The average molecular weight is 372 g/mol. The summed E-state index contributed by atoms with van der Waals surface area (Å²) in [6, 6.07) is 6.44. The third-order valence-electron chi connectivity index (χ3n) is 4.12. The van der Waals surface area contributed by atoms with Crippen molar-refractivity contribution in [1.82, 2.24) is 14.9 Å². The monoisotopic (exact) mass is 372 g/mol. The fraction of sp³-hybridized carbons (Fsp3) is 0.333. The van der Waals surface area contributed by atoms with Crippen LogP contribution in [0.1, 0.15) is 31.1 Å². The molecule has 27 heavy (non-hydrogen) atoms. The Balaban J connectivity index is 1.95. The van der Waals surface area contributed by atoms with Gasteiger partial charge < -0.3 is 10.1 Å². The number of anilines is 1. The van der Waals surface area contributed by atoms with E-state index in [1.807, 2.05) is 13.8 Å². The lowest BCUT2D eigenvalue weighted by Gasteiger charge is -2.18. The quantitative estimate of drug-likeness (QED) is 0.778. The van der Waals surface area contributed by atoms with Crippen molar-refractivity contribution in [2.45, 2.75) is 26.3 Å². The summed E-state index contributed by atoms with van der Waals surface area (Å²) in [4.78, 5) is 51.6. The first-order chi connectivity index (χ1) is 12.7. The molecular formula is C18H20N4O5. The Morgan fingerprint density at radius 2 is 1.78 bits per heavy atom. The minimum absolute atomic E-state index is 0.111. The van der Waals surface area contributed by atoms with Gasteiger partial charge in [-0.2, -0.15) is 0 Å². The molecule has 0 spiro atoms. The third kappa shape index (κ3) is 3.62. The Labute approximate surface area is 154 Å². The standard InChI is InChI=1S/C18H20N4O5/c1-4-27-15(24)13-9-21(16(25)19-14(13)23)11-5-7-12(8-6-11)22-10-18(2,3)20-17(22)26/h5-9H,4,10H2,1-3H3,(H,20,26)(H,19,23,25). The summed E-state index contributed by atoms with van der Waals surface area (Å²) in [5.41, 5.74) is -0.973. The van der Waals surface area contributed by atoms with E-state index in [0.29, 0.717) is 17.9 Å². The molecule has 9 nitrogen and oxygen atoms in total. The second-order valence-electron chi connectivity index (χ2n) is 6.81. The van der Waals surface area contributed by atoms with E-state index in [0.717, 1.165) is 10.8 Å². The van der Waals surface area contributed by atoms with Crippen LogP contribution in [0.3, 0.4) is 0 Å². The number of carbonyl (C=O) groups excluding carboxylic acids is 2. The van der Waals surface area contributed by atoms with Crippen molar-refractivity contribution in [3.63, 3.8) is 0 Å². The van der Waals surface area contributed by atoms with Gasteiger partial charge >= 0.3 is 17.7 Å². The molecule has 1 saturated heterocycles. The van der Waals surface area contributed by atoms with Crippen LogP contribution in [-0.4, -0.2) is 40.2 Å². The Morgan fingerprint density at radius 3 is 2.33 bits per heavy atom. The first kappa shape index (κ1) is 18.4. The molecule has 0 atom stereocenters. The molecule has 1 aliphatic heterocycles. The van der Waals surface area contributed by atoms with Crippen molar-refractivity contribution in [3.05, 3.63) is 56.9 Å². The first-order valence-corrected chi connectivity index (χ1v) is 8.45. The molecule has 0 saturated carbocycles. The summed E-state index contributed by atoms with van der Waals surface area (Å²) in [7, 11) is 0. The van der Waals surface area contributed by atoms with E-state index in [1.54, 1.807) is 36.1 Å². The highest BCUT2D eigenvalue weighted by Gasteiger charge is 2.35. The zero-order chi connectivity index (χ0) is 19.8. The number of benzene rings is 1. The van der Waals surface area contributed by atoms with Gasteiger partial charge in [0.05, 0.1) is 24.4 Å². The van der Waals surface area contributed by atoms with E-state index in [2.05, 4.69) is 10.3 Å². The number of amides is 2. The smallest absolute Gasteiger partial charge is 0.345 e. The zero-order valence-electron chi connectivity index (χ0n) is 15.2. The minimum Gasteiger partial charge on any atom is -0.462 e. The minimum atomic E-state index is -0.805. The second-order valence-corrected chi connectivity index (χ2v) is 6.81. The Bertz CT molecular complexity index is 1000. The van der Waals surface area contributed by atoms with E-state index in [1.165, 1.54) is 0 Å². The number of urea groups is 1. The molecule has 2 N–H and O–H groups in total. The Hall–Kier alpha value is -3.36. The summed E-state index contributed by atoms with van der Waals surface area (Å²) in [6.45, 7) is 6.10. The van der Waals surface area contributed by atoms with Gasteiger partial charge in [-0.25, -0.2) is 14.4 Å². The summed E-state index contributed by atoms with van der Waals surface area (Å²) < 4.78 is 5.98. The van der Waals surface area contributed by atoms with Crippen molar-refractivity contribution in [2.24, 2.45) is 0 Å². The number of hydrogen-bond donors (Lipinski definition) is 2. The number of nitrogens with one attached hydrogen (secondary N) is 2. The number of rotatable bonds is 4. The normalized spacial score (nSPS) is 15.5. The molecule has 1 fully saturated rings. The largest absolute Gasteiger partial charge is 0.462 e. The summed E-state index contributed by atoms with van der Waals surface area (Å²) in [6.07, 6.45) is 1.15. The maximum atomic E-state index is 12.1. The molecule has 1 aromatic carbocycles. The predicted octanol–water partition coefficient (Wildman–Crippen LogP) is 1.01. The van der Waals surface area contributed by atoms with Gasteiger partial charge in [0.1, 0.15) is 5.56 Å². The first-order valence-electron chi connectivity index (χ1n) is 8.45. The summed E-state index contributed by atoms with van der Waals surface area (Å²) in [5.74, 6) is -0.805. The molecule has 1 aromatic heterocycles. The van der Waals surface area contributed by atoms with Gasteiger partial charge in [0, 0.05) is 11.9 Å². The third-order valence-corrected chi connectivity index (χ3v) is 4.12. The molecule has 0 bridgehead atoms. The van der Waals surface area contributed by atoms with Gasteiger partial charge in [0.15, 0.2) is 0 Å². The molecule has 142 valence electrons. The van der Waals surface area contributed by atoms with E-state index in [-0.39, 0.29) is 23.7 Å². The summed E-state index contributed by atoms with van der Waals surface area (Å²) in [5, 5.41) is 2.88. The molecular weight excluding hydrogens is 352 g/mol. The van der Waals surface area contributed by atoms with Gasteiger partial charge in [-0.1, -0.05) is 0 Å². The van der Waals surface area contributed by atoms with Crippen LogP contribution < -0.4 is 21.5 Å². The molecule has 1 aliphatic rings. The van der Waals surface area contributed by atoms with E-state index in [4.69, 9.17) is 4.74 Å². The average Bonchev–Trinajstić information content (AvgIpc) is 2.88. The lowest BCUT2D eigenvalue weighted by Crippen LogP contribution is -2.36. The fourth-order valence-corrected chi connectivity index (χ4v) is 2.88. The van der Waals surface area contributed by atoms with Crippen LogP contribution in [0.5, 0.6) is 0 Å². The molecule has 2 heterocycles. The zero-order valence-corrected chi connectivity index (χ0v) is 15.2.